The van der Waals surface area contributed by atoms with E-state index >= 15 is 0 Å². The van der Waals surface area contributed by atoms with Gasteiger partial charge in [0.2, 0.25) is 0 Å². The Morgan fingerprint density at radius 3 is 2.61 bits per heavy atom. The summed E-state index contributed by atoms with van der Waals surface area (Å²) in [7, 11) is 3.03. The Hall–Kier alpha value is -3.26. The van der Waals surface area contributed by atoms with Crippen molar-refractivity contribution in [1.29, 1.82) is 0 Å². The van der Waals surface area contributed by atoms with Gasteiger partial charge in [0, 0.05) is 17.1 Å². The smallest absolute Gasteiger partial charge is 0.270 e. The summed E-state index contributed by atoms with van der Waals surface area (Å²) in [6.07, 6.45) is 0.911. The van der Waals surface area contributed by atoms with Gasteiger partial charge in [0.05, 0.1) is 19.9 Å². The molecule has 0 unspecified atom stereocenters. The van der Waals surface area contributed by atoms with Gasteiger partial charge in [-0.3, -0.25) is 9.59 Å². The monoisotopic (exact) mass is 405 g/mol. The number of hydrogen-bond donors (Lipinski definition) is 2. The number of oxime groups is 1. The van der Waals surface area contributed by atoms with Crippen molar-refractivity contribution < 1.29 is 23.9 Å². The van der Waals surface area contributed by atoms with Gasteiger partial charge >= 0.3 is 0 Å². The quantitative estimate of drug-likeness (QED) is 0.493. The highest BCUT2D eigenvalue weighted by Crippen LogP contribution is 2.27. The third kappa shape index (κ3) is 6.48. The van der Waals surface area contributed by atoms with Crippen LogP contribution in [-0.4, -0.2) is 38.9 Å². The van der Waals surface area contributed by atoms with E-state index in [0.29, 0.717) is 22.2 Å². The summed E-state index contributed by atoms with van der Waals surface area (Å²) in [5, 5.41) is 9.15. The largest absolute Gasteiger partial charge is 0.496 e. The second kappa shape index (κ2) is 10.8. The highest BCUT2D eigenvalue weighted by atomic mass is 35.5. The van der Waals surface area contributed by atoms with Crippen LogP contribution in [0.25, 0.3) is 0 Å². The highest BCUT2D eigenvalue weighted by Gasteiger charge is 2.08. The zero-order chi connectivity index (χ0) is 20.4. The topological polar surface area (TPSA) is 98.3 Å². The fourth-order valence-electron chi connectivity index (χ4n) is 2.22. The molecular weight excluding hydrogens is 386 g/mol. The maximum absolute atomic E-state index is 11.9. The summed E-state index contributed by atoms with van der Waals surface area (Å²) in [6, 6.07) is 12.1. The Morgan fingerprint density at radius 2 is 1.86 bits per heavy atom. The Kier molecular flexibility index (Phi) is 8.11. The van der Waals surface area contributed by atoms with E-state index in [-0.39, 0.29) is 19.1 Å². The summed E-state index contributed by atoms with van der Waals surface area (Å²) in [5.41, 5.74) is 1.22. The molecule has 0 spiro atoms. The molecule has 0 aliphatic heterocycles. The van der Waals surface area contributed by atoms with Gasteiger partial charge < -0.3 is 24.9 Å². The number of hydrogen-bond acceptors (Lipinski definition) is 6. The molecule has 2 aromatic rings. The molecule has 0 fully saturated rings. The molecule has 0 aromatic heterocycles. The molecule has 0 heterocycles. The molecule has 2 aromatic carbocycles. The molecule has 0 radical (unpaired) electrons. The van der Waals surface area contributed by atoms with Crippen LogP contribution in [-0.2, 0) is 21.0 Å². The van der Waals surface area contributed by atoms with Gasteiger partial charge in [0.15, 0.2) is 6.61 Å². The number of anilines is 1. The number of carbonyl (C=O) groups excluding carboxylic acids is 2. The predicted molar refractivity (Wildman–Crippen MR) is 106 cm³/mol. The van der Waals surface area contributed by atoms with Gasteiger partial charge in [0.1, 0.15) is 17.7 Å². The molecule has 2 rings (SSSR count). The number of amides is 2. The zero-order valence-corrected chi connectivity index (χ0v) is 16.2. The summed E-state index contributed by atoms with van der Waals surface area (Å²) >= 11 is 5.89. The summed E-state index contributed by atoms with van der Waals surface area (Å²) in [4.78, 5) is 28.5. The van der Waals surface area contributed by atoms with Gasteiger partial charge in [-0.25, -0.2) is 0 Å². The number of ether oxygens (including phenoxy) is 2. The van der Waals surface area contributed by atoms with Crippen molar-refractivity contribution in [2.45, 2.75) is 6.54 Å². The second-order valence-corrected chi connectivity index (χ2v) is 5.87. The predicted octanol–water partition coefficient (Wildman–Crippen LogP) is 2.61. The van der Waals surface area contributed by atoms with Crippen molar-refractivity contribution in [1.82, 2.24) is 5.32 Å². The lowest BCUT2D eigenvalue weighted by Crippen LogP contribution is -2.26. The van der Waals surface area contributed by atoms with Crippen LogP contribution in [0.5, 0.6) is 11.5 Å². The summed E-state index contributed by atoms with van der Waals surface area (Å²) in [6.45, 7) is -0.0512. The van der Waals surface area contributed by atoms with E-state index < -0.39 is 5.91 Å². The minimum Gasteiger partial charge on any atom is -0.496 e. The molecule has 2 N–H and O–H groups in total. The van der Waals surface area contributed by atoms with Crippen molar-refractivity contribution in [3.05, 3.63) is 53.1 Å². The number of methoxy groups -OCH3 is 2. The maximum Gasteiger partial charge on any atom is 0.270 e. The Labute approximate surface area is 167 Å². The SMILES string of the molecule is COc1ccccc1CNC(=O)CO/N=C\C(=O)Nc1cc(Cl)ccc1OC. The van der Waals surface area contributed by atoms with Gasteiger partial charge in [0.25, 0.3) is 11.8 Å². The molecule has 0 aliphatic carbocycles. The van der Waals surface area contributed by atoms with Gasteiger partial charge in [-0.1, -0.05) is 35.0 Å². The standard InChI is InChI=1S/C19H20ClN3O5/c1-26-16-6-4-3-5-13(16)10-21-19(25)12-28-22-11-18(24)23-15-9-14(20)7-8-17(15)27-2/h3-9,11H,10,12H2,1-2H3,(H,21,25)(H,23,24)/b22-11-. The van der Waals surface area contributed by atoms with E-state index in [4.69, 9.17) is 25.9 Å². The van der Waals surface area contributed by atoms with Crippen LogP contribution >= 0.6 is 11.6 Å². The number of para-hydroxylation sites is 1. The summed E-state index contributed by atoms with van der Waals surface area (Å²) < 4.78 is 10.3. The fraction of sp³-hybridized carbons (Fsp3) is 0.211. The minimum absolute atomic E-state index is 0.283. The van der Waals surface area contributed by atoms with Crippen molar-refractivity contribution in [3.8, 4) is 11.5 Å². The molecule has 0 aliphatic rings. The molecule has 28 heavy (non-hydrogen) atoms. The van der Waals surface area contributed by atoms with Gasteiger partial charge in [-0.15, -0.1) is 0 Å². The Morgan fingerprint density at radius 1 is 1.11 bits per heavy atom. The normalized spacial score (nSPS) is 10.4. The van der Waals surface area contributed by atoms with Crippen LogP contribution in [0.3, 0.4) is 0 Å². The molecule has 2 amide bonds. The van der Waals surface area contributed by atoms with Crippen LogP contribution in [0.2, 0.25) is 5.02 Å². The first-order valence-electron chi connectivity index (χ1n) is 8.22. The molecule has 0 saturated heterocycles. The first-order valence-corrected chi connectivity index (χ1v) is 8.59. The van der Waals surface area contributed by atoms with E-state index in [1.807, 2.05) is 18.2 Å². The zero-order valence-electron chi connectivity index (χ0n) is 15.4. The Balaban J connectivity index is 1.76. The van der Waals surface area contributed by atoms with E-state index in [1.54, 1.807) is 25.3 Å². The first kappa shape index (κ1) is 21.0. The van der Waals surface area contributed by atoms with Gasteiger partial charge in [-0.05, 0) is 24.3 Å². The average molecular weight is 406 g/mol. The maximum atomic E-state index is 11.9. The second-order valence-electron chi connectivity index (χ2n) is 5.43. The summed E-state index contributed by atoms with van der Waals surface area (Å²) in [5.74, 6) is 0.174. The average Bonchev–Trinajstić information content (AvgIpc) is 2.70. The molecule has 8 nitrogen and oxygen atoms in total. The van der Waals surface area contributed by atoms with Crippen LogP contribution < -0.4 is 20.1 Å². The van der Waals surface area contributed by atoms with E-state index in [0.717, 1.165) is 11.8 Å². The van der Waals surface area contributed by atoms with Crippen molar-refractivity contribution in [3.63, 3.8) is 0 Å². The minimum atomic E-state index is -0.560. The number of carbonyl (C=O) groups is 2. The van der Waals surface area contributed by atoms with Gasteiger partial charge in [-0.2, -0.15) is 0 Å². The third-order valence-corrected chi connectivity index (χ3v) is 3.76. The van der Waals surface area contributed by atoms with E-state index in [1.165, 1.54) is 13.2 Å². The van der Waals surface area contributed by atoms with E-state index in [2.05, 4.69) is 15.8 Å². The molecule has 9 heteroatoms. The molecular formula is C19H20ClN3O5. The van der Waals surface area contributed by atoms with Crippen LogP contribution in [0.1, 0.15) is 5.56 Å². The lowest BCUT2D eigenvalue weighted by Gasteiger charge is -2.09. The third-order valence-electron chi connectivity index (χ3n) is 3.53. The lowest BCUT2D eigenvalue weighted by molar-refractivity contribution is -0.126. The van der Waals surface area contributed by atoms with Crippen LogP contribution in [0.15, 0.2) is 47.6 Å². The Bertz CT molecular complexity index is 857. The van der Waals surface area contributed by atoms with Crippen molar-refractivity contribution >= 4 is 35.3 Å². The number of nitrogens with one attached hydrogen (secondary N) is 2. The molecule has 0 atom stereocenters. The number of benzene rings is 2. The van der Waals surface area contributed by atoms with Crippen LogP contribution in [0, 0.1) is 0 Å². The first-order chi connectivity index (χ1) is 13.5. The molecule has 148 valence electrons. The van der Waals surface area contributed by atoms with E-state index in [9.17, 15) is 9.59 Å². The lowest BCUT2D eigenvalue weighted by atomic mass is 10.2. The number of nitrogens with zero attached hydrogens (tertiary/aromatic N) is 1. The fourth-order valence-corrected chi connectivity index (χ4v) is 2.39. The van der Waals surface area contributed by atoms with Crippen molar-refractivity contribution in [2.24, 2.45) is 5.16 Å². The number of halogens is 1. The number of rotatable bonds is 9. The highest BCUT2D eigenvalue weighted by molar-refractivity contribution is 6.33. The molecule has 0 saturated carbocycles. The van der Waals surface area contributed by atoms with Crippen molar-refractivity contribution in [2.75, 3.05) is 26.1 Å². The molecule has 0 bridgehead atoms. The van der Waals surface area contributed by atoms with Crippen LogP contribution in [0.4, 0.5) is 5.69 Å².